The average Bonchev–Trinajstić information content (AvgIpc) is 3.09. The van der Waals surface area contributed by atoms with Crippen molar-refractivity contribution in [2.24, 2.45) is 5.92 Å². The lowest BCUT2D eigenvalue weighted by atomic mass is 9.99. The van der Waals surface area contributed by atoms with Crippen LogP contribution in [0.4, 0.5) is 11.5 Å². The molecule has 1 aliphatic rings. The smallest absolute Gasteiger partial charge is 0.231 e. The Morgan fingerprint density at radius 1 is 1.17 bits per heavy atom. The minimum Gasteiger partial charge on any atom is -0.355 e. The molecule has 0 spiro atoms. The third kappa shape index (κ3) is 2.78. The van der Waals surface area contributed by atoms with Crippen LogP contribution in [0.15, 0.2) is 49.6 Å². The molecule has 9 nitrogen and oxygen atoms in total. The van der Waals surface area contributed by atoms with Gasteiger partial charge in [0.2, 0.25) is 5.91 Å². The largest absolute Gasteiger partial charge is 0.355 e. The molecule has 24 heavy (non-hydrogen) atoms. The normalized spacial score (nSPS) is 14.2. The number of carbonyl (C=O) groups is 1. The van der Waals surface area contributed by atoms with Crippen molar-refractivity contribution in [2.75, 3.05) is 23.3 Å². The first-order chi connectivity index (χ1) is 11.8. The lowest BCUT2D eigenvalue weighted by Crippen LogP contribution is -2.52. The van der Waals surface area contributed by atoms with Crippen molar-refractivity contribution in [1.82, 2.24) is 29.7 Å². The van der Waals surface area contributed by atoms with Gasteiger partial charge in [-0.3, -0.25) is 9.78 Å². The molecule has 9 heteroatoms. The van der Waals surface area contributed by atoms with E-state index >= 15 is 0 Å². The summed E-state index contributed by atoms with van der Waals surface area (Å²) in [5.41, 5.74) is 0.705. The lowest BCUT2D eigenvalue weighted by molar-refractivity contribution is -0.120. The topological polar surface area (TPSA) is 102 Å². The van der Waals surface area contributed by atoms with E-state index in [1.54, 1.807) is 29.5 Å². The number of carbonyl (C=O) groups excluding carboxylic acids is 1. The van der Waals surface area contributed by atoms with Gasteiger partial charge in [0.1, 0.15) is 24.8 Å². The predicted octanol–water partition coefficient (Wildman–Crippen LogP) is 0.527. The van der Waals surface area contributed by atoms with E-state index in [2.05, 4.69) is 30.4 Å². The highest BCUT2D eigenvalue weighted by Gasteiger charge is 2.33. The van der Waals surface area contributed by atoms with Crippen molar-refractivity contribution in [3.63, 3.8) is 0 Å². The summed E-state index contributed by atoms with van der Waals surface area (Å²) in [4.78, 5) is 30.5. The third-order valence-corrected chi connectivity index (χ3v) is 3.80. The first-order valence-electron chi connectivity index (χ1n) is 7.42. The van der Waals surface area contributed by atoms with Crippen molar-refractivity contribution in [1.29, 1.82) is 0 Å². The highest BCUT2D eigenvalue weighted by atomic mass is 16.2. The van der Waals surface area contributed by atoms with Gasteiger partial charge in [0.25, 0.3) is 0 Å². The van der Waals surface area contributed by atoms with Gasteiger partial charge in [-0.2, -0.15) is 5.10 Å². The monoisotopic (exact) mass is 322 g/mol. The van der Waals surface area contributed by atoms with Gasteiger partial charge in [-0.25, -0.2) is 19.6 Å². The van der Waals surface area contributed by atoms with Crippen LogP contribution in [0.5, 0.6) is 0 Å². The molecule has 4 heterocycles. The molecule has 0 bridgehead atoms. The fourth-order valence-corrected chi connectivity index (χ4v) is 2.47. The summed E-state index contributed by atoms with van der Waals surface area (Å²) >= 11 is 0. The van der Waals surface area contributed by atoms with Crippen LogP contribution in [0.2, 0.25) is 0 Å². The van der Waals surface area contributed by atoms with Crippen LogP contribution >= 0.6 is 0 Å². The van der Waals surface area contributed by atoms with Gasteiger partial charge in [0, 0.05) is 25.4 Å². The molecule has 4 rings (SSSR count). The van der Waals surface area contributed by atoms with Gasteiger partial charge >= 0.3 is 0 Å². The maximum Gasteiger partial charge on any atom is 0.231 e. The molecule has 1 aliphatic heterocycles. The molecule has 120 valence electrons. The number of aromatic nitrogens is 6. The molecule has 1 N–H and O–H groups in total. The molecule has 0 saturated carbocycles. The van der Waals surface area contributed by atoms with Gasteiger partial charge in [-0.05, 0) is 12.1 Å². The minimum absolute atomic E-state index is 0.00944. The quantitative estimate of drug-likeness (QED) is 0.747. The van der Waals surface area contributed by atoms with Crippen molar-refractivity contribution >= 4 is 17.4 Å². The summed E-state index contributed by atoms with van der Waals surface area (Å²) in [6, 6.07) is 5.43. The Morgan fingerprint density at radius 2 is 2.04 bits per heavy atom. The second-order valence-corrected chi connectivity index (χ2v) is 5.41. The van der Waals surface area contributed by atoms with Crippen LogP contribution in [-0.4, -0.2) is 48.7 Å². The zero-order chi connectivity index (χ0) is 16.4. The minimum atomic E-state index is -0.0741. The predicted molar refractivity (Wildman–Crippen MR) is 85.5 cm³/mol. The molecule has 0 unspecified atom stereocenters. The molecule has 3 aromatic heterocycles. The number of rotatable bonds is 4. The summed E-state index contributed by atoms with van der Waals surface area (Å²) in [6.45, 7) is 1.22. The van der Waals surface area contributed by atoms with Crippen LogP contribution < -0.4 is 10.2 Å². The van der Waals surface area contributed by atoms with Crippen molar-refractivity contribution < 1.29 is 4.79 Å². The standard InChI is InChI=1S/C15H14N8O/c24-15(21-12-2-1-3-16-5-12)11-6-22(7-11)13-4-14(19-9-18-13)23-10-17-8-20-23/h1-5,8-11H,6-7H2,(H,21,24). The number of nitrogens with zero attached hydrogens (tertiary/aromatic N) is 7. The summed E-state index contributed by atoms with van der Waals surface area (Å²) in [6.07, 6.45) is 7.80. The fourth-order valence-electron chi connectivity index (χ4n) is 2.47. The Labute approximate surface area is 137 Å². The maximum atomic E-state index is 12.2. The number of amides is 1. The van der Waals surface area contributed by atoms with Gasteiger partial charge in [0.15, 0.2) is 5.82 Å². The number of nitrogens with one attached hydrogen (secondary N) is 1. The van der Waals surface area contributed by atoms with Gasteiger partial charge in [0.05, 0.1) is 17.8 Å². The molecule has 1 amide bonds. The van der Waals surface area contributed by atoms with Crippen LogP contribution in [0.3, 0.4) is 0 Å². The van der Waals surface area contributed by atoms with Crippen molar-refractivity contribution in [3.05, 3.63) is 49.6 Å². The average molecular weight is 322 g/mol. The molecule has 0 radical (unpaired) electrons. The Hall–Kier alpha value is -3.36. The van der Waals surface area contributed by atoms with E-state index in [-0.39, 0.29) is 11.8 Å². The van der Waals surface area contributed by atoms with Gasteiger partial charge in [-0.15, -0.1) is 0 Å². The second-order valence-electron chi connectivity index (χ2n) is 5.41. The van der Waals surface area contributed by atoms with E-state index in [1.807, 2.05) is 17.0 Å². The summed E-state index contributed by atoms with van der Waals surface area (Å²) < 4.78 is 1.57. The van der Waals surface area contributed by atoms with E-state index in [0.29, 0.717) is 24.6 Å². The molecule has 0 atom stereocenters. The van der Waals surface area contributed by atoms with E-state index in [9.17, 15) is 4.79 Å². The second kappa shape index (κ2) is 6.03. The van der Waals surface area contributed by atoms with Crippen LogP contribution in [0.25, 0.3) is 5.82 Å². The van der Waals surface area contributed by atoms with E-state index in [4.69, 9.17) is 0 Å². The highest BCUT2D eigenvalue weighted by Crippen LogP contribution is 2.24. The number of hydrogen-bond acceptors (Lipinski definition) is 7. The fraction of sp³-hybridized carbons (Fsp3) is 0.200. The molecular formula is C15H14N8O. The summed E-state index contributed by atoms with van der Waals surface area (Å²) in [5, 5.41) is 6.91. The Balaban J connectivity index is 1.39. The Kier molecular flexibility index (Phi) is 3.58. The number of anilines is 2. The Morgan fingerprint density at radius 3 is 2.79 bits per heavy atom. The number of pyridine rings is 1. The van der Waals surface area contributed by atoms with Crippen LogP contribution in [0.1, 0.15) is 0 Å². The van der Waals surface area contributed by atoms with Crippen molar-refractivity contribution in [2.45, 2.75) is 0 Å². The van der Waals surface area contributed by atoms with Gasteiger partial charge < -0.3 is 10.2 Å². The van der Waals surface area contributed by atoms with Gasteiger partial charge in [-0.1, -0.05) is 0 Å². The molecule has 1 saturated heterocycles. The number of hydrogen-bond donors (Lipinski definition) is 1. The third-order valence-electron chi connectivity index (χ3n) is 3.80. The molecular weight excluding hydrogens is 308 g/mol. The Bertz CT molecular complexity index is 830. The highest BCUT2D eigenvalue weighted by molar-refractivity contribution is 5.94. The molecule has 0 aliphatic carbocycles. The molecule has 1 fully saturated rings. The first kappa shape index (κ1) is 14.2. The zero-order valence-corrected chi connectivity index (χ0v) is 12.6. The molecule has 0 aromatic carbocycles. The zero-order valence-electron chi connectivity index (χ0n) is 12.6. The maximum absolute atomic E-state index is 12.2. The SMILES string of the molecule is O=C(Nc1cccnc1)C1CN(c2cc(-n3cncn3)ncn2)C1. The van der Waals surface area contributed by atoms with Crippen LogP contribution in [0, 0.1) is 5.92 Å². The van der Waals surface area contributed by atoms with Crippen LogP contribution in [-0.2, 0) is 4.79 Å². The van der Waals surface area contributed by atoms with Crippen molar-refractivity contribution in [3.8, 4) is 5.82 Å². The van der Waals surface area contributed by atoms with E-state index in [0.717, 1.165) is 5.82 Å². The summed E-state index contributed by atoms with van der Waals surface area (Å²) in [7, 11) is 0. The summed E-state index contributed by atoms with van der Waals surface area (Å²) in [5.74, 6) is 1.32. The van der Waals surface area contributed by atoms with E-state index in [1.165, 1.54) is 12.7 Å². The first-order valence-corrected chi connectivity index (χ1v) is 7.42. The van der Waals surface area contributed by atoms with E-state index < -0.39 is 0 Å². The molecule has 3 aromatic rings. The lowest BCUT2D eigenvalue weighted by Gasteiger charge is -2.39.